The average molecular weight is 216 g/mol. The molecule has 0 aromatic carbocycles. The standard InChI is InChI=1S/C9H12O6/c1-2-8(12)15-6(9(13)14)4-3-5-7(10)11/h2,6H,1,3-5H2,(H,10,11)(H,13,14). The van der Waals surface area contributed by atoms with E-state index < -0.39 is 24.0 Å². The summed E-state index contributed by atoms with van der Waals surface area (Å²) in [5.41, 5.74) is 0. The van der Waals surface area contributed by atoms with E-state index in [1.807, 2.05) is 0 Å². The van der Waals surface area contributed by atoms with Gasteiger partial charge in [0.1, 0.15) is 0 Å². The van der Waals surface area contributed by atoms with Crippen LogP contribution in [0.25, 0.3) is 0 Å². The lowest BCUT2D eigenvalue weighted by molar-refractivity contribution is -0.161. The van der Waals surface area contributed by atoms with E-state index >= 15 is 0 Å². The Balaban J connectivity index is 4.05. The Labute approximate surface area is 86.2 Å². The number of rotatable bonds is 7. The third-order valence-corrected chi connectivity index (χ3v) is 1.56. The molecule has 2 N–H and O–H groups in total. The van der Waals surface area contributed by atoms with Crippen molar-refractivity contribution in [3.63, 3.8) is 0 Å². The number of carbonyl (C=O) groups excluding carboxylic acids is 1. The SMILES string of the molecule is C=CC(=O)OC(CCCC(=O)O)C(=O)O. The van der Waals surface area contributed by atoms with Gasteiger partial charge in [0.2, 0.25) is 0 Å². The molecule has 15 heavy (non-hydrogen) atoms. The normalized spacial score (nSPS) is 11.5. The first-order valence-corrected chi connectivity index (χ1v) is 4.25. The fraction of sp³-hybridized carbons (Fsp3) is 0.444. The molecule has 0 aromatic rings. The van der Waals surface area contributed by atoms with E-state index in [1.165, 1.54) is 0 Å². The second kappa shape index (κ2) is 6.58. The van der Waals surface area contributed by atoms with Gasteiger partial charge in [-0.15, -0.1) is 0 Å². The van der Waals surface area contributed by atoms with Gasteiger partial charge < -0.3 is 14.9 Å². The number of hydrogen-bond donors (Lipinski definition) is 2. The fourth-order valence-corrected chi connectivity index (χ4v) is 0.860. The molecular weight excluding hydrogens is 204 g/mol. The number of carboxylic acids is 2. The van der Waals surface area contributed by atoms with E-state index in [1.54, 1.807) is 0 Å². The van der Waals surface area contributed by atoms with Crippen molar-refractivity contribution in [1.82, 2.24) is 0 Å². The van der Waals surface area contributed by atoms with Crippen molar-refractivity contribution in [1.29, 1.82) is 0 Å². The zero-order valence-electron chi connectivity index (χ0n) is 8.01. The molecule has 6 heteroatoms. The molecule has 0 spiro atoms. The zero-order chi connectivity index (χ0) is 11.8. The summed E-state index contributed by atoms with van der Waals surface area (Å²) in [6.45, 7) is 3.12. The van der Waals surface area contributed by atoms with Crippen LogP contribution in [0.15, 0.2) is 12.7 Å². The summed E-state index contributed by atoms with van der Waals surface area (Å²) < 4.78 is 4.49. The van der Waals surface area contributed by atoms with Crippen molar-refractivity contribution in [3.8, 4) is 0 Å². The van der Waals surface area contributed by atoms with E-state index in [9.17, 15) is 14.4 Å². The molecule has 0 aliphatic rings. The Morgan fingerprint density at radius 1 is 1.33 bits per heavy atom. The minimum Gasteiger partial charge on any atom is -0.481 e. The van der Waals surface area contributed by atoms with E-state index in [0.717, 1.165) is 6.08 Å². The van der Waals surface area contributed by atoms with Crippen molar-refractivity contribution in [2.45, 2.75) is 25.4 Å². The summed E-state index contributed by atoms with van der Waals surface area (Å²) in [6.07, 6.45) is -0.504. The molecule has 6 nitrogen and oxygen atoms in total. The van der Waals surface area contributed by atoms with Gasteiger partial charge in [-0.1, -0.05) is 6.58 Å². The third-order valence-electron chi connectivity index (χ3n) is 1.56. The molecule has 0 bridgehead atoms. The second-order valence-electron chi connectivity index (χ2n) is 2.75. The predicted molar refractivity (Wildman–Crippen MR) is 49.2 cm³/mol. The van der Waals surface area contributed by atoms with E-state index in [-0.39, 0.29) is 19.3 Å². The summed E-state index contributed by atoms with van der Waals surface area (Å²) in [5.74, 6) is -3.15. The van der Waals surface area contributed by atoms with Gasteiger partial charge in [-0.3, -0.25) is 4.79 Å². The molecule has 1 atom stereocenters. The molecule has 0 amide bonds. The lowest BCUT2D eigenvalue weighted by Crippen LogP contribution is -2.26. The van der Waals surface area contributed by atoms with E-state index in [0.29, 0.717) is 0 Å². The first-order chi connectivity index (χ1) is 6.97. The number of esters is 1. The van der Waals surface area contributed by atoms with Gasteiger partial charge >= 0.3 is 17.9 Å². The third kappa shape index (κ3) is 6.25. The monoisotopic (exact) mass is 216 g/mol. The minimum absolute atomic E-state index is 0.0266. The molecule has 0 aliphatic carbocycles. The van der Waals surface area contributed by atoms with Gasteiger partial charge in [-0.2, -0.15) is 0 Å². The number of hydrogen-bond acceptors (Lipinski definition) is 4. The van der Waals surface area contributed by atoms with Crippen LogP contribution in [-0.2, 0) is 19.1 Å². The Morgan fingerprint density at radius 3 is 2.33 bits per heavy atom. The Bertz CT molecular complexity index is 270. The van der Waals surface area contributed by atoms with E-state index in [2.05, 4.69) is 11.3 Å². The van der Waals surface area contributed by atoms with Crippen molar-refractivity contribution >= 4 is 17.9 Å². The largest absolute Gasteiger partial charge is 0.481 e. The number of carboxylic acid groups (broad SMARTS) is 2. The van der Waals surface area contributed by atoms with Gasteiger partial charge in [-0.05, 0) is 12.8 Å². The van der Waals surface area contributed by atoms with Crippen molar-refractivity contribution in [3.05, 3.63) is 12.7 Å². The molecule has 0 radical (unpaired) electrons. The van der Waals surface area contributed by atoms with Gasteiger partial charge in [-0.25, -0.2) is 9.59 Å². The number of carbonyl (C=O) groups is 3. The van der Waals surface area contributed by atoms with Crippen LogP contribution in [0.2, 0.25) is 0 Å². The van der Waals surface area contributed by atoms with Gasteiger partial charge in [0.15, 0.2) is 6.10 Å². The second-order valence-corrected chi connectivity index (χ2v) is 2.75. The first kappa shape index (κ1) is 13.2. The Kier molecular flexibility index (Phi) is 5.77. The van der Waals surface area contributed by atoms with Crippen LogP contribution in [0.3, 0.4) is 0 Å². The number of aliphatic carboxylic acids is 2. The Hall–Kier alpha value is -1.85. The summed E-state index contributed by atoms with van der Waals surface area (Å²) >= 11 is 0. The smallest absolute Gasteiger partial charge is 0.345 e. The summed E-state index contributed by atoms with van der Waals surface area (Å²) in [6, 6.07) is 0. The van der Waals surface area contributed by atoms with Gasteiger partial charge in [0.05, 0.1) is 0 Å². The molecule has 0 aliphatic heterocycles. The van der Waals surface area contributed by atoms with Crippen LogP contribution in [-0.4, -0.2) is 34.2 Å². The predicted octanol–water partition coefficient (Wildman–Crippen LogP) is 0.424. The molecule has 0 aromatic heterocycles. The van der Waals surface area contributed by atoms with Crippen molar-refractivity contribution in [2.75, 3.05) is 0 Å². The molecule has 84 valence electrons. The molecule has 0 fully saturated rings. The quantitative estimate of drug-likeness (QED) is 0.472. The van der Waals surface area contributed by atoms with Crippen LogP contribution < -0.4 is 0 Å². The zero-order valence-corrected chi connectivity index (χ0v) is 8.01. The fourth-order valence-electron chi connectivity index (χ4n) is 0.860. The lowest BCUT2D eigenvalue weighted by Gasteiger charge is -2.11. The molecular formula is C9H12O6. The van der Waals surface area contributed by atoms with Crippen molar-refractivity contribution in [2.24, 2.45) is 0 Å². The van der Waals surface area contributed by atoms with Gasteiger partial charge in [0, 0.05) is 12.5 Å². The number of ether oxygens (including phenoxy) is 1. The van der Waals surface area contributed by atoms with Crippen LogP contribution in [0.1, 0.15) is 19.3 Å². The summed E-state index contributed by atoms with van der Waals surface area (Å²) in [7, 11) is 0. The molecule has 0 heterocycles. The highest BCUT2D eigenvalue weighted by molar-refractivity contribution is 5.84. The van der Waals surface area contributed by atoms with Crippen LogP contribution >= 0.6 is 0 Å². The average Bonchev–Trinajstić information content (AvgIpc) is 2.15. The van der Waals surface area contributed by atoms with Crippen LogP contribution in [0, 0.1) is 0 Å². The highest BCUT2D eigenvalue weighted by Gasteiger charge is 2.20. The first-order valence-electron chi connectivity index (χ1n) is 4.25. The highest BCUT2D eigenvalue weighted by Crippen LogP contribution is 2.06. The molecule has 0 rings (SSSR count). The maximum Gasteiger partial charge on any atom is 0.345 e. The molecule has 0 saturated carbocycles. The van der Waals surface area contributed by atoms with Crippen LogP contribution in [0.4, 0.5) is 0 Å². The van der Waals surface area contributed by atoms with Crippen molar-refractivity contribution < 1.29 is 29.3 Å². The lowest BCUT2D eigenvalue weighted by atomic mass is 10.1. The minimum atomic E-state index is -1.31. The molecule has 0 saturated heterocycles. The topological polar surface area (TPSA) is 101 Å². The highest BCUT2D eigenvalue weighted by atomic mass is 16.6. The maximum atomic E-state index is 10.7. The van der Waals surface area contributed by atoms with Gasteiger partial charge in [0.25, 0.3) is 0 Å². The summed E-state index contributed by atoms with van der Waals surface area (Å²) in [4.78, 5) is 31.4. The molecule has 1 unspecified atom stereocenters. The maximum absolute atomic E-state index is 10.7. The van der Waals surface area contributed by atoms with Crippen LogP contribution in [0.5, 0.6) is 0 Å². The summed E-state index contributed by atoms with van der Waals surface area (Å²) in [5, 5.41) is 16.9. The van der Waals surface area contributed by atoms with E-state index in [4.69, 9.17) is 10.2 Å². The Morgan fingerprint density at radius 2 is 1.93 bits per heavy atom.